The van der Waals surface area contributed by atoms with Gasteiger partial charge in [-0.1, -0.05) is 6.07 Å². The Hall–Kier alpha value is -2.41. The van der Waals surface area contributed by atoms with E-state index in [2.05, 4.69) is 10.4 Å². The maximum Gasteiger partial charge on any atom is 0.263 e. The second-order valence-electron chi connectivity index (χ2n) is 4.66. The van der Waals surface area contributed by atoms with Gasteiger partial charge in [0.15, 0.2) is 0 Å². The van der Waals surface area contributed by atoms with Gasteiger partial charge in [-0.15, -0.1) is 11.3 Å². The van der Waals surface area contributed by atoms with Gasteiger partial charge in [-0.25, -0.2) is 4.39 Å². The van der Waals surface area contributed by atoms with Crippen LogP contribution in [-0.4, -0.2) is 15.7 Å². The number of hydrogen-bond acceptors (Lipinski definition) is 4. The summed E-state index contributed by atoms with van der Waals surface area (Å²) in [5.41, 5.74) is 6.98. The summed E-state index contributed by atoms with van der Waals surface area (Å²) >= 11 is 1.19. The fraction of sp³-hybridized carbons (Fsp3) is 0.143. The molecule has 5 nitrogen and oxygen atoms in total. The molecule has 7 heteroatoms. The number of benzene rings is 1. The van der Waals surface area contributed by atoms with Crippen molar-refractivity contribution in [1.82, 2.24) is 15.1 Å². The molecule has 3 aromatic rings. The fourth-order valence-electron chi connectivity index (χ4n) is 2.12. The Bertz CT molecular complexity index is 824. The minimum Gasteiger partial charge on any atom is -0.397 e. The van der Waals surface area contributed by atoms with Crippen molar-refractivity contribution in [1.29, 1.82) is 0 Å². The van der Waals surface area contributed by atoms with E-state index in [0.29, 0.717) is 21.5 Å². The zero-order chi connectivity index (χ0) is 15.0. The molecule has 2 heterocycles. The summed E-state index contributed by atoms with van der Waals surface area (Å²) in [6, 6.07) is 4.69. The maximum absolute atomic E-state index is 13.8. The molecule has 3 N–H and O–H groups in total. The zero-order valence-electron chi connectivity index (χ0n) is 11.3. The van der Waals surface area contributed by atoms with Gasteiger partial charge in [0.2, 0.25) is 0 Å². The number of amides is 1. The lowest BCUT2D eigenvalue weighted by molar-refractivity contribution is 0.0956. The van der Waals surface area contributed by atoms with E-state index in [1.807, 2.05) is 6.20 Å². The molecule has 0 atom stereocenters. The molecular weight excluding hydrogens is 291 g/mol. The summed E-state index contributed by atoms with van der Waals surface area (Å²) < 4.78 is 16.1. The van der Waals surface area contributed by atoms with Crippen molar-refractivity contribution in [3.05, 3.63) is 46.9 Å². The number of nitrogen functional groups attached to an aromatic ring is 1. The molecule has 0 fully saturated rings. The van der Waals surface area contributed by atoms with Crippen LogP contribution < -0.4 is 11.1 Å². The second-order valence-corrected chi connectivity index (χ2v) is 5.71. The Labute approximate surface area is 124 Å². The van der Waals surface area contributed by atoms with E-state index in [4.69, 9.17) is 5.73 Å². The van der Waals surface area contributed by atoms with Crippen molar-refractivity contribution >= 4 is 33.0 Å². The van der Waals surface area contributed by atoms with Crippen LogP contribution in [0.15, 0.2) is 30.6 Å². The van der Waals surface area contributed by atoms with E-state index in [9.17, 15) is 9.18 Å². The number of nitrogens with two attached hydrogens (primary N) is 1. The molecule has 0 bridgehead atoms. The predicted molar refractivity (Wildman–Crippen MR) is 80.6 cm³/mol. The third kappa shape index (κ3) is 2.47. The average Bonchev–Trinajstić information content (AvgIpc) is 3.01. The number of rotatable bonds is 3. The van der Waals surface area contributed by atoms with Gasteiger partial charge in [0.1, 0.15) is 10.7 Å². The Kier molecular flexibility index (Phi) is 3.34. The molecule has 21 heavy (non-hydrogen) atoms. The number of nitrogens with zero attached hydrogens (tertiary/aromatic N) is 2. The number of hydrogen-bond donors (Lipinski definition) is 2. The highest BCUT2D eigenvalue weighted by atomic mass is 32.1. The van der Waals surface area contributed by atoms with E-state index in [1.54, 1.807) is 30.1 Å². The average molecular weight is 304 g/mol. The van der Waals surface area contributed by atoms with Gasteiger partial charge in [0, 0.05) is 30.1 Å². The SMILES string of the molecule is Cn1cc(CNC(=O)c2sc3cccc(F)c3c2N)cn1. The number of halogens is 1. The first-order chi connectivity index (χ1) is 10.1. The summed E-state index contributed by atoms with van der Waals surface area (Å²) in [4.78, 5) is 12.5. The van der Waals surface area contributed by atoms with Crippen molar-refractivity contribution < 1.29 is 9.18 Å². The smallest absolute Gasteiger partial charge is 0.263 e. The lowest BCUT2D eigenvalue weighted by Crippen LogP contribution is -2.22. The summed E-state index contributed by atoms with van der Waals surface area (Å²) in [7, 11) is 1.80. The first-order valence-electron chi connectivity index (χ1n) is 6.28. The van der Waals surface area contributed by atoms with E-state index in [-0.39, 0.29) is 11.6 Å². The first-order valence-corrected chi connectivity index (χ1v) is 7.10. The van der Waals surface area contributed by atoms with Crippen molar-refractivity contribution in [3.8, 4) is 0 Å². The van der Waals surface area contributed by atoms with Crippen LogP contribution in [0.3, 0.4) is 0 Å². The largest absolute Gasteiger partial charge is 0.397 e. The molecule has 3 rings (SSSR count). The minimum atomic E-state index is -0.410. The van der Waals surface area contributed by atoms with Gasteiger partial charge in [-0.2, -0.15) is 5.10 Å². The number of aromatic nitrogens is 2. The highest BCUT2D eigenvalue weighted by Gasteiger charge is 2.18. The summed E-state index contributed by atoms with van der Waals surface area (Å²) in [5.74, 6) is -0.718. The third-order valence-corrected chi connectivity index (χ3v) is 4.29. The molecule has 0 aliphatic heterocycles. The van der Waals surface area contributed by atoms with Gasteiger partial charge in [0.25, 0.3) is 5.91 Å². The number of thiophene rings is 1. The zero-order valence-corrected chi connectivity index (χ0v) is 12.1. The molecule has 0 unspecified atom stereocenters. The quantitative estimate of drug-likeness (QED) is 0.779. The Morgan fingerprint density at radius 3 is 3.00 bits per heavy atom. The number of nitrogens with one attached hydrogen (secondary N) is 1. The molecule has 1 amide bonds. The molecule has 0 saturated carbocycles. The van der Waals surface area contributed by atoms with Gasteiger partial charge in [-0.3, -0.25) is 9.48 Å². The van der Waals surface area contributed by atoms with Crippen LogP contribution in [0.25, 0.3) is 10.1 Å². The van der Waals surface area contributed by atoms with Crippen LogP contribution in [0, 0.1) is 5.82 Å². The molecule has 0 saturated heterocycles. The fourth-order valence-corrected chi connectivity index (χ4v) is 3.18. The van der Waals surface area contributed by atoms with Crippen molar-refractivity contribution in [3.63, 3.8) is 0 Å². The molecule has 2 aromatic heterocycles. The Morgan fingerprint density at radius 2 is 2.33 bits per heavy atom. The highest BCUT2D eigenvalue weighted by molar-refractivity contribution is 7.21. The number of fused-ring (bicyclic) bond motifs is 1. The molecule has 108 valence electrons. The summed E-state index contributed by atoms with van der Waals surface area (Å²) in [5, 5.41) is 7.10. The summed E-state index contributed by atoms with van der Waals surface area (Å²) in [6.45, 7) is 0.350. The standard InChI is InChI=1S/C14H13FN4OS/c1-19-7-8(6-18-19)5-17-14(20)13-12(16)11-9(15)3-2-4-10(11)21-13/h2-4,6-7H,5,16H2,1H3,(H,17,20). The van der Waals surface area contributed by atoms with Gasteiger partial charge >= 0.3 is 0 Å². The number of carbonyl (C=O) groups excluding carboxylic acids is 1. The lowest BCUT2D eigenvalue weighted by atomic mass is 10.2. The Morgan fingerprint density at radius 1 is 1.52 bits per heavy atom. The van der Waals surface area contributed by atoms with Crippen molar-refractivity contribution in [2.75, 3.05) is 5.73 Å². The maximum atomic E-state index is 13.8. The van der Waals surface area contributed by atoms with Crippen molar-refractivity contribution in [2.24, 2.45) is 7.05 Å². The molecule has 0 spiro atoms. The summed E-state index contributed by atoms with van der Waals surface area (Å²) in [6.07, 6.45) is 3.49. The number of anilines is 1. The van der Waals surface area contributed by atoms with Gasteiger partial charge < -0.3 is 11.1 Å². The topological polar surface area (TPSA) is 72.9 Å². The van der Waals surface area contributed by atoms with E-state index in [1.165, 1.54) is 17.4 Å². The predicted octanol–water partition coefficient (Wildman–Crippen LogP) is 2.29. The third-order valence-electron chi connectivity index (χ3n) is 3.12. The number of aryl methyl sites for hydroxylation is 1. The van der Waals surface area contributed by atoms with Gasteiger partial charge in [0.05, 0.1) is 17.3 Å². The monoisotopic (exact) mass is 304 g/mol. The van der Waals surface area contributed by atoms with E-state index >= 15 is 0 Å². The van der Waals surface area contributed by atoms with Crippen LogP contribution in [-0.2, 0) is 13.6 Å². The van der Waals surface area contributed by atoms with Crippen LogP contribution in [0.1, 0.15) is 15.2 Å². The highest BCUT2D eigenvalue weighted by Crippen LogP contribution is 2.35. The van der Waals surface area contributed by atoms with Crippen molar-refractivity contribution in [2.45, 2.75) is 6.54 Å². The molecule has 0 radical (unpaired) electrons. The normalized spacial score (nSPS) is 11.0. The van der Waals surface area contributed by atoms with Crippen LogP contribution in [0.4, 0.5) is 10.1 Å². The minimum absolute atomic E-state index is 0.191. The molecular formula is C14H13FN4OS. The Balaban J connectivity index is 1.84. The van der Waals surface area contributed by atoms with Crippen LogP contribution in [0.2, 0.25) is 0 Å². The lowest BCUT2D eigenvalue weighted by Gasteiger charge is -2.02. The van der Waals surface area contributed by atoms with Gasteiger partial charge in [-0.05, 0) is 12.1 Å². The van der Waals surface area contributed by atoms with E-state index in [0.717, 1.165) is 5.56 Å². The first kappa shape index (κ1) is 13.6. The molecule has 0 aliphatic carbocycles. The van der Waals surface area contributed by atoms with Crippen LogP contribution in [0.5, 0.6) is 0 Å². The number of carbonyl (C=O) groups is 1. The van der Waals surface area contributed by atoms with E-state index < -0.39 is 5.82 Å². The molecule has 1 aromatic carbocycles. The second kappa shape index (κ2) is 5.17. The molecule has 0 aliphatic rings. The van der Waals surface area contributed by atoms with Crippen LogP contribution >= 0.6 is 11.3 Å².